The first-order chi connectivity index (χ1) is 29.4. The normalized spacial score (nSPS) is 15.0. The van der Waals surface area contributed by atoms with Gasteiger partial charge in [0, 0.05) is 16.7 Å². The van der Waals surface area contributed by atoms with E-state index in [0.717, 1.165) is 24.0 Å². The third-order valence-electron chi connectivity index (χ3n) is 14.3. The van der Waals surface area contributed by atoms with Crippen LogP contribution in [0.15, 0.2) is 133 Å². The van der Waals surface area contributed by atoms with Crippen LogP contribution in [0.5, 0.6) is 0 Å². The third kappa shape index (κ3) is 5.85. The molecule has 6 aromatic carbocycles. The summed E-state index contributed by atoms with van der Waals surface area (Å²) in [4.78, 5) is 57.3. The van der Waals surface area contributed by atoms with Crippen LogP contribution in [0.25, 0.3) is 11.1 Å². The average Bonchev–Trinajstić information content (AvgIpc) is 3.85. The van der Waals surface area contributed by atoms with Crippen LogP contribution >= 0.6 is 0 Å². The summed E-state index contributed by atoms with van der Waals surface area (Å²) in [5, 5.41) is 0. The van der Waals surface area contributed by atoms with Crippen LogP contribution in [0.1, 0.15) is 148 Å². The van der Waals surface area contributed by atoms with Gasteiger partial charge in [-0.05, 0) is 125 Å². The number of rotatable bonds is 9. The number of amides is 4. The molecule has 6 heteroatoms. The summed E-state index contributed by atoms with van der Waals surface area (Å²) >= 11 is 0. The van der Waals surface area contributed by atoms with Gasteiger partial charge in [0.1, 0.15) is 0 Å². The van der Waals surface area contributed by atoms with E-state index in [1.165, 1.54) is 37.6 Å². The molecule has 9 rings (SSSR count). The summed E-state index contributed by atoms with van der Waals surface area (Å²) < 4.78 is 0. The lowest BCUT2D eigenvalue weighted by Crippen LogP contribution is -2.48. The fourth-order valence-corrected chi connectivity index (χ4v) is 9.74. The van der Waals surface area contributed by atoms with E-state index < -0.39 is 16.9 Å². The van der Waals surface area contributed by atoms with Crippen molar-refractivity contribution in [3.8, 4) is 23.0 Å². The predicted octanol–water partition coefficient (Wildman–Crippen LogP) is 11.5. The highest BCUT2D eigenvalue weighted by atomic mass is 16.2. The van der Waals surface area contributed by atoms with Gasteiger partial charge in [0.15, 0.2) is 0 Å². The third-order valence-corrected chi connectivity index (χ3v) is 14.3. The molecule has 0 saturated carbocycles. The number of fused-ring (bicyclic) bond motifs is 5. The quantitative estimate of drug-likeness (QED) is 0.108. The Balaban J connectivity index is 1.04. The summed E-state index contributed by atoms with van der Waals surface area (Å²) in [5.41, 5.74) is 10.1. The Labute approximate surface area is 358 Å². The minimum absolute atomic E-state index is 0.0825. The number of benzene rings is 6. The smallest absolute Gasteiger partial charge is 0.266 e. The lowest BCUT2D eigenvalue weighted by atomic mass is 9.67. The second-order valence-electron chi connectivity index (χ2n) is 17.1. The maximum absolute atomic E-state index is 14.1. The Hall–Kier alpha value is -6.84. The molecule has 0 saturated heterocycles. The van der Waals surface area contributed by atoms with E-state index in [1.54, 1.807) is 36.4 Å². The molecule has 1 aliphatic carbocycles. The van der Waals surface area contributed by atoms with Crippen LogP contribution in [-0.4, -0.2) is 34.1 Å². The van der Waals surface area contributed by atoms with Crippen LogP contribution in [-0.2, 0) is 10.8 Å². The van der Waals surface area contributed by atoms with Crippen molar-refractivity contribution in [3.05, 3.63) is 195 Å². The van der Waals surface area contributed by atoms with E-state index in [4.69, 9.17) is 0 Å². The molecule has 0 bridgehead atoms. The Bertz CT molecular complexity index is 2820. The summed E-state index contributed by atoms with van der Waals surface area (Å²) in [6.07, 6.45) is 3.41. The molecule has 2 aliphatic heterocycles. The van der Waals surface area contributed by atoms with Gasteiger partial charge < -0.3 is 0 Å². The van der Waals surface area contributed by atoms with Gasteiger partial charge in [-0.25, -0.2) is 4.90 Å². The number of carbonyl (C=O) groups is 4. The fraction of sp³-hybridized carbons (Fsp3) is 0.236. The first-order valence-electron chi connectivity index (χ1n) is 21.4. The maximum Gasteiger partial charge on any atom is 0.266 e. The molecular weight excluding hydrogens is 753 g/mol. The van der Waals surface area contributed by atoms with E-state index in [0.29, 0.717) is 46.3 Å². The van der Waals surface area contributed by atoms with Gasteiger partial charge in [0.05, 0.1) is 33.4 Å². The van der Waals surface area contributed by atoms with Gasteiger partial charge in [-0.2, -0.15) is 0 Å². The number of hydrogen-bond acceptors (Lipinski definition) is 4. The van der Waals surface area contributed by atoms with Crippen LogP contribution < -0.4 is 4.90 Å². The number of imide groups is 2. The second kappa shape index (κ2) is 14.7. The molecule has 6 nitrogen and oxygen atoms in total. The van der Waals surface area contributed by atoms with E-state index in [-0.39, 0.29) is 28.7 Å². The lowest BCUT2D eigenvalue weighted by molar-refractivity contribution is 0.0434. The Morgan fingerprint density at radius 1 is 0.475 bits per heavy atom. The molecule has 0 aromatic heterocycles. The highest BCUT2D eigenvalue weighted by Gasteiger charge is 2.47. The Morgan fingerprint density at radius 2 is 0.918 bits per heavy atom. The van der Waals surface area contributed by atoms with Crippen LogP contribution in [0.2, 0.25) is 0 Å². The Kier molecular flexibility index (Phi) is 9.55. The number of nitrogens with zero attached hydrogens (tertiary/aromatic N) is 2. The predicted molar refractivity (Wildman–Crippen MR) is 241 cm³/mol. The van der Waals surface area contributed by atoms with Gasteiger partial charge in [-0.1, -0.05) is 131 Å². The van der Waals surface area contributed by atoms with Crippen molar-refractivity contribution in [3.63, 3.8) is 0 Å². The van der Waals surface area contributed by atoms with Crippen molar-refractivity contribution in [2.75, 3.05) is 4.90 Å². The van der Waals surface area contributed by atoms with E-state index >= 15 is 0 Å². The molecule has 0 fully saturated rings. The molecule has 3 aliphatic rings. The largest absolute Gasteiger partial charge is 0.269 e. The van der Waals surface area contributed by atoms with Crippen molar-refractivity contribution in [1.29, 1.82) is 0 Å². The van der Waals surface area contributed by atoms with Crippen LogP contribution in [0.3, 0.4) is 0 Å². The van der Waals surface area contributed by atoms with Gasteiger partial charge in [0.2, 0.25) is 0 Å². The van der Waals surface area contributed by atoms with Crippen molar-refractivity contribution in [2.24, 2.45) is 0 Å². The highest BCUT2D eigenvalue weighted by Crippen LogP contribution is 2.56. The molecule has 0 atom stereocenters. The lowest BCUT2D eigenvalue weighted by Gasteiger charge is -2.35. The summed E-state index contributed by atoms with van der Waals surface area (Å²) in [6, 6.07) is 44.3. The van der Waals surface area contributed by atoms with Crippen molar-refractivity contribution >= 4 is 29.3 Å². The summed E-state index contributed by atoms with van der Waals surface area (Å²) in [7, 11) is 0. The second-order valence-corrected chi connectivity index (χ2v) is 17.1. The average molecular weight is 801 g/mol. The van der Waals surface area contributed by atoms with Gasteiger partial charge in [0.25, 0.3) is 23.6 Å². The minimum Gasteiger partial charge on any atom is -0.269 e. The van der Waals surface area contributed by atoms with E-state index in [1.807, 2.05) is 32.9 Å². The molecule has 61 heavy (non-hydrogen) atoms. The SMILES string of the molecule is CCC(C)(CC)c1ccc(C2(c3ccc(N4C(=O)c5ccc(C#Cc6ccc7c(c6)C(=O)N(C(C)(CC)CC)C7=O)cc5C4=O)cc3)c3ccccc3-c3ccccc32)cc1. The molecule has 0 spiro atoms. The van der Waals surface area contributed by atoms with Gasteiger partial charge in [-0.15, -0.1) is 0 Å². The number of anilines is 1. The first-order valence-corrected chi connectivity index (χ1v) is 21.4. The molecule has 6 aromatic rings. The zero-order valence-corrected chi connectivity index (χ0v) is 35.6. The Morgan fingerprint density at radius 3 is 1.43 bits per heavy atom. The standard InChI is InChI=1S/C55H48N2O4/c1-7-53(5,8-2)37-23-25-38(26-24-37)55(47-17-13-11-15-41(47)42-16-12-14-18-48(42)55)39-27-29-40(30-28-39)56-49(58)43-31-21-35(33-45(43)50(56)59)19-20-36-22-32-44-46(34-36)52(61)57(51(44)60)54(6,9-3)10-4/h11-18,21-34H,7-10H2,1-6H3. The molecule has 302 valence electrons. The van der Waals surface area contributed by atoms with Crippen molar-refractivity contribution < 1.29 is 19.2 Å². The monoisotopic (exact) mass is 800 g/mol. The van der Waals surface area contributed by atoms with E-state index in [2.05, 4.69) is 118 Å². The molecular formula is C55H48N2O4. The molecule has 2 heterocycles. The van der Waals surface area contributed by atoms with Crippen LogP contribution in [0.4, 0.5) is 5.69 Å². The number of carbonyl (C=O) groups excluding carboxylic acids is 4. The van der Waals surface area contributed by atoms with E-state index in [9.17, 15) is 19.2 Å². The number of hydrogen-bond donors (Lipinski definition) is 0. The van der Waals surface area contributed by atoms with Gasteiger partial charge >= 0.3 is 0 Å². The topological polar surface area (TPSA) is 74.8 Å². The summed E-state index contributed by atoms with van der Waals surface area (Å²) in [5.74, 6) is 4.83. The maximum atomic E-state index is 14.1. The molecule has 0 unspecified atom stereocenters. The van der Waals surface area contributed by atoms with Gasteiger partial charge in [-0.3, -0.25) is 24.1 Å². The molecule has 0 N–H and O–H groups in total. The molecule has 0 radical (unpaired) electrons. The minimum atomic E-state index is -0.624. The fourth-order valence-electron chi connectivity index (χ4n) is 9.74. The van der Waals surface area contributed by atoms with Crippen LogP contribution in [0, 0.1) is 11.8 Å². The van der Waals surface area contributed by atoms with Crippen molar-refractivity contribution in [1.82, 2.24) is 4.90 Å². The molecule has 4 amide bonds. The van der Waals surface area contributed by atoms with Crippen molar-refractivity contribution in [2.45, 2.75) is 83.6 Å². The summed E-state index contributed by atoms with van der Waals surface area (Å²) in [6.45, 7) is 12.7. The highest BCUT2D eigenvalue weighted by molar-refractivity contribution is 6.34. The first kappa shape index (κ1) is 39.6. The zero-order chi connectivity index (χ0) is 42.8. The zero-order valence-electron chi connectivity index (χ0n) is 35.6.